The maximum Gasteiger partial charge on any atom is 0.208 e. The van der Waals surface area contributed by atoms with Gasteiger partial charge in [-0.25, -0.2) is 13.1 Å². The fourth-order valence-corrected chi connectivity index (χ4v) is 2.58. The number of hydrogen-bond donors (Lipinski definition) is 2. The van der Waals surface area contributed by atoms with Crippen LogP contribution in [0.15, 0.2) is 48.5 Å². The maximum atomic E-state index is 10.9. The molecule has 0 bridgehead atoms. The lowest BCUT2D eigenvalue weighted by Gasteiger charge is -2.09. The second-order valence-electron chi connectivity index (χ2n) is 5.76. The Bertz CT molecular complexity index is 726. The van der Waals surface area contributed by atoms with Gasteiger partial charge in [0.25, 0.3) is 0 Å². The summed E-state index contributed by atoms with van der Waals surface area (Å²) in [4.78, 5) is 0. The molecule has 0 unspecified atom stereocenters. The predicted molar refractivity (Wildman–Crippen MR) is 96.5 cm³/mol. The molecule has 0 amide bonds. The molecule has 2 aromatic carbocycles. The highest BCUT2D eigenvalue weighted by Gasteiger charge is 2.00. The predicted octanol–water partition coefficient (Wildman–Crippen LogP) is 2.21. The van der Waals surface area contributed by atoms with Crippen molar-refractivity contribution in [3.63, 3.8) is 0 Å². The molecule has 130 valence electrons. The van der Waals surface area contributed by atoms with E-state index in [1.54, 1.807) is 0 Å². The first kappa shape index (κ1) is 18.4. The number of rotatable bonds is 9. The highest BCUT2D eigenvalue weighted by molar-refractivity contribution is 7.88. The van der Waals surface area contributed by atoms with E-state index in [1.807, 2.05) is 24.3 Å². The van der Waals surface area contributed by atoms with E-state index in [0.717, 1.165) is 23.1 Å². The Hall–Kier alpha value is -1.89. The van der Waals surface area contributed by atoms with Crippen LogP contribution in [0, 0.1) is 6.92 Å². The maximum absolute atomic E-state index is 10.9. The monoisotopic (exact) mass is 348 g/mol. The van der Waals surface area contributed by atoms with Crippen molar-refractivity contribution in [2.75, 3.05) is 19.3 Å². The molecule has 6 heteroatoms. The molecule has 0 fully saturated rings. The first-order valence-electron chi connectivity index (χ1n) is 7.85. The summed E-state index contributed by atoms with van der Waals surface area (Å²) in [5.41, 5.74) is 3.50. The second kappa shape index (κ2) is 8.82. The Morgan fingerprint density at radius 1 is 0.917 bits per heavy atom. The Balaban J connectivity index is 1.71. The molecular weight excluding hydrogens is 324 g/mol. The lowest BCUT2D eigenvalue weighted by molar-refractivity contribution is 0.306. The van der Waals surface area contributed by atoms with Crippen molar-refractivity contribution in [2.24, 2.45) is 0 Å². The van der Waals surface area contributed by atoms with Crippen molar-refractivity contribution in [1.82, 2.24) is 10.0 Å². The summed E-state index contributed by atoms with van der Waals surface area (Å²) in [7, 11) is -3.11. The molecule has 2 aromatic rings. The van der Waals surface area contributed by atoms with Gasteiger partial charge in [-0.15, -0.1) is 0 Å². The average Bonchev–Trinajstić information content (AvgIpc) is 2.54. The molecule has 2 N–H and O–H groups in total. The Labute approximate surface area is 144 Å². The standard InChI is InChI=1S/C18H24N2O3S/c1-15-3-5-17(6-4-15)14-23-18-9-7-16(8-10-18)13-19-11-12-20-24(2,21)22/h3-10,19-20H,11-14H2,1-2H3. The van der Waals surface area contributed by atoms with E-state index in [4.69, 9.17) is 4.74 Å². The van der Waals surface area contributed by atoms with Gasteiger partial charge in [0.1, 0.15) is 12.4 Å². The number of aryl methyl sites for hydroxylation is 1. The van der Waals surface area contributed by atoms with Crippen LogP contribution in [0.25, 0.3) is 0 Å². The van der Waals surface area contributed by atoms with Crippen molar-refractivity contribution in [3.8, 4) is 5.75 Å². The normalized spacial score (nSPS) is 11.4. The molecule has 0 atom stereocenters. The van der Waals surface area contributed by atoms with Gasteiger partial charge in [0.05, 0.1) is 6.26 Å². The van der Waals surface area contributed by atoms with Gasteiger partial charge < -0.3 is 10.1 Å². The third-order valence-corrected chi connectivity index (χ3v) is 4.17. The second-order valence-corrected chi connectivity index (χ2v) is 7.59. The summed E-state index contributed by atoms with van der Waals surface area (Å²) < 4.78 is 30.1. The van der Waals surface area contributed by atoms with Gasteiger partial charge in [-0.3, -0.25) is 0 Å². The van der Waals surface area contributed by atoms with E-state index in [2.05, 4.69) is 41.2 Å². The fourth-order valence-electron chi connectivity index (χ4n) is 2.11. The highest BCUT2D eigenvalue weighted by atomic mass is 32.2. The number of hydrogen-bond acceptors (Lipinski definition) is 4. The van der Waals surface area contributed by atoms with Gasteiger partial charge in [-0.05, 0) is 30.2 Å². The molecule has 0 saturated heterocycles. The van der Waals surface area contributed by atoms with Crippen LogP contribution in [-0.2, 0) is 23.2 Å². The van der Waals surface area contributed by atoms with Gasteiger partial charge >= 0.3 is 0 Å². The average molecular weight is 348 g/mol. The van der Waals surface area contributed by atoms with E-state index >= 15 is 0 Å². The van der Waals surface area contributed by atoms with Crippen molar-refractivity contribution in [2.45, 2.75) is 20.1 Å². The first-order valence-corrected chi connectivity index (χ1v) is 9.74. The third-order valence-electron chi connectivity index (χ3n) is 3.44. The van der Waals surface area contributed by atoms with E-state index in [0.29, 0.717) is 26.2 Å². The van der Waals surface area contributed by atoms with E-state index in [-0.39, 0.29) is 0 Å². The molecule has 0 aliphatic carbocycles. The van der Waals surface area contributed by atoms with Crippen molar-refractivity contribution >= 4 is 10.0 Å². The summed E-state index contributed by atoms with van der Waals surface area (Å²) in [5.74, 6) is 0.832. The molecule has 0 heterocycles. The SMILES string of the molecule is Cc1ccc(COc2ccc(CNCCNS(C)(=O)=O)cc2)cc1. The zero-order chi connectivity index (χ0) is 17.4. The smallest absolute Gasteiger partial charge is 0.208 e. The highest BCUT2D eigenvalue weighted by Crippen LogP contribution is 2.14. The van der Waals surface area contributed by atoms with Crippen LogP contribution >= 0.6 is 0 Å². The van der Waals surface area contributed by atoms with Crippen molar-refractivity contribution < 1.29 is 13.2 Å². The largest absolute Gasteiger partial charge is 0.489 e. The number of benzene rings is 2. The van der Waals surface area contributed by atoms with Gasteiger partial charge in [0.15, 0.2) is 0 Å². The Kier molecular flexibility index (Phi) is 6.78. The van der Waals surface area contributed by atoms with E-state index in [1.165, 1.54) is 5.56 Å². The molecule has 0 aromatic heterocycles. The summed E-state index contributed by atoms with van der Waals surface area (Å²) >= 11 is 0. The Morgan fingerprint density at radius 3 is 2.17 bits per heavy atom. The topological polar surface area (TPSA) is 67.4 Å². The molecule has 0 aliphatic rings. The minimum atomic E-state index is -3.11. The summed E-state index contributed by atoms with van der Waals surface area (Å²) in [6, 6.07) is 16.2. The minimum Gasteiger partial charge on any atom is -0.489 e. The molecule has 0 saturated carbocycles. The minimum absolute atomic E-state index is 0.385. The lowest BCUT2D eigenvalue weighted by atomic mass is 10.2. The molecule has 2 rings (SSSR count). The number of nitrogens with one attached hydrogen (secondary N) is 2. The first-order chi connectivity index (χ1) is 11.4. The molecule has 0 aliphatic heterocycles. The van der Waals surface area contributed by atoms with E-state index in [9.17, 15) is 8.42 Å². The number of sulfonamides is 1. The molecule has 0 radical (unpaired) electrons. The quantitative estimate of drug-likeness (QED) is 0.682. The van der Waals surface area contributed by atoms with Crippen LogP contribution in [0.1, 0.15) is 16.7 Å². The van der Waals surface area contributed by atoms with Crippen molar-refractivity contribution in [1.29, 1.82) is 0 Å². The fraction of sp³-hybridized carbons (Fsp3) is 0.333. The zero-order valence-electron chi connectivity index (χ0n) is 14.1. The zero-order valence-corrected chi connectivity index (χ0v) is 14.9. The van der Waals surface area contributed by atoms with Gasteiger partial charge in [0, 0.05) is 19.6 Å². The Morgan fingerprint density at radius 2 is 1.54 bits per heavy atom. The van der Waals surface area contributed by atoms with E-state index < -0.39 is 10.0 Å². The molecule has 0 spiro atoms. The number of ether oxygens (including phenoxy) is 1. The van der Waals surface area contributed by atoms with Gasteiger partial charge in [0.2, 0.25) is 10.0 Å². The lowest BCUT2D eigenvalue weighted by Crippen LogP contribution is -2.30. The van der Waals surface area contributed by atoms with Crippen LogP contribution in [0.5, 0.6) is 5.75 Å². The van der Waals surface area contributed by atoms with Crippen LogP contribution in [0.4, 0.5) is 0 Å². The summed E-state index contributed by atoms with van der Waals surface area (Å²) in [5, 5.41) is 3.19. The molecule has 5 nitrogen and oxygen atoms in total. The molecule has 24 heavy (non-hydrogen) atoms. The van der Waals surface area contributed by atoms with Gasteiger partial charge in [-0.1, -0.05) is 42.0 Å². The van der Waals surface area contributed by atoms with Crippen molar-refractivity contribution in [3.05, 3.63) is 65.2 Å². The third kappa shape index (κ3) is 7.12. The summed E-state index contributed by atoms with van der Waals surface area (Å²) in [6.45, 7) is 4.27. The van der Waals surface area contributed by atoms with Crippen LogP contribution < -0.4 is 14.8 Å². The van der Waals surface area contributed by atoms with Crippen LogP contribution in [0.3, 0.4) is 0 Å². The molecular formula is C18H24N2O3S. The van der Waals surface area contributed by atoms with Gasteiger partial charge in [-0.2, -0.15) is 0 Å². The van der Waals surface area contributed by atoms with Crippen LogP contribution in [-0.4, -0.2) is 27.8 Å². The summed E-state index contributed by atoms with van der Waals surface area (Å²) in [6.07, 6.45) is 1.16. The van der Waals surface area contributed by atoms with Crippen LogP contribution in [0.2, 0.25) is 0 Å².